The van der Waals surface area contributed by atoms with Crippen molar-refractivity contribution < 1.29 is 9.59 Å². The second-order valence-corrected chi connectivity index (χ2v) is 21.3. The largest absolute Gasteiger partial charge is 0.338 e. The molecule has 6 aromatic carbocycles. The van der Waals surface area contributed by atoms with Gasteiger partial charge in [0, 0.05) is 60.4 Å². The van der Waals surface area contributed by atoms with Crippen molar-refractivity contribution in [3.8, 4) is 0 Å². The quantitative estimate of drug-likeness (QED) is 0.130. The third kappa shape index (κ3) is 16.9. The lowest BCUT2D eigenvalue weighted by Gasteiger charge is -2.34. The Kier molecular flexibility index (Phi) is 21.9. The Morgan fingerprint density at radius 1 is 0.500 bits per heavy atom. The molecule has 0 bridgehead atoms. The van der Waals surface area contributed by atoms with Crippen molar-refractivity contribution in [3.05, 3.63) is 213 Å². The molecular weight excluding hydrogens is 928 g/mol. The van der Waals surface area contributed by atoms with Crippen LogP contribution in [0.2, 0.25) is 10.0 Å². The third-order valence-corrected chi connectivity index (χ3v) is 15.8. The van der Waals surface area contributed by atoms with Gasteiger partial charge in [0.1, 0.15) is 0 Å². The van der Waals surface area contributed by atoms with Crippen LogP contribution in [0.4, 0.5) is 0 Å². The molecule has 0 radical (unpaired) electrons. The van der Waals surface area contributed by atoms with E-state index in [1.54, 1.807) is 0 Å². The standard InChI is InChI=1S/2C26H33ClN2O.2C6H6/c1-3-20-15-23(9-10-25(20)27)26(30)29-16-19(2)24(18-29)17-28-13-11-22(12-14-28)21-7-5-4-6-8-21;1-2-20-15-24(17-25(27)16-20)26(30)29-13-10-23(19-29)18-28-11-8-22(9-12-28)14-21-6-4-3-5-7-21;2*1-2-4-6-5-3-1/h4-10,15,19,22,24H,3,11-14,16-18H2,1-2H3;3-7,15-17,22-23H,2,8-14,18-19H2,1H3;2*1-6H/t19?,24-;23-;;/m00../s1. The molecule has 0 aromatic heterocycles. The smallest absolute Gasteiger partial charge is 0.253 e. The van der Waals surface area contributed by atoms with Crippen LogP contribution in [0.25, 0.3) is 0 Å². The van der Waals surface area contributed by atoms with Crippen molar-refractivity contribution >= 4 is 35.0 Å². The number of likely N-dealkylation sites (tertiary alicyclic amines) is 4. The molecule has 4 aliphatic heterocycles. The van der Waals surface area contributed by atoms with Crippen LogP contribution in [0.1, 0.15) is 102 Å². The van der Waals surface area contributed by atoms with Crippen LogP contribution in [0.15, 0.2) is 170 Å². The number of nitrogens with zero attached hydrogens (tertiary/aromatic N) is 4. The molecule has 0 spiro atoms. The first kappa shape index (κ1) is 54.5. The zero-order valence-corrected chi connectivity index (χ0v) is 44.7. The molecule has 0 N–H and O–H groups in total. The highest BCUT2D eigenvalue weighted by molar-refractivity contribution is 6.31. The maximum Gasteiger partial charge on any atom is 0.253 e. The number of benzene rings is 6. The van der Waals surface area contributed by atoms with Gasteiger partial charge in [-0.15, -0.1) is 0 Å². The molecule has 10 rings (SSSR count). The van der Waals surface area contributed by atoms with Crippen molar-refractivity contribution in [2.24, 2.45) is 23.7 Å². The van der Waals surface area contributed by atoms with Crippen LogP contribution >= 0.6 is 23.2 Å². The predicted molar refractivity (Wildman–Crippen MR) is 301 cm³/mol. The molecule has 1 unspecified atom stereocenters. The van der Waals surface area contributed by atoms with Gasteiger partial charge in [-0.2, -0.15) is 0 Å². The van der Waals surface area contributed by atoms with Crippen LogP contribution in [-0.2, 0) is 19.3 Å². The molecule has 6 nitrogen and oxygen atoms in total. The van der Waals surface area contributed by atoms with Crippen LogP contribution in [-0.4, -0.2) is 96.9 Å². The van der Waals surface area contributed by atoms with Crippen LogP contribution < -0.4 is 0 Å². The number of piperidine rings is 2. The number of hydrogen-bond acceptors (Lipinski definition) is 4. The molecule has 6 aromatic rings. The van der Waals surface area contributed by atoms with Gasteiger partial charge in [-0.05, 0) is 166 Å². The summed E-state index contributed by atoms with van der Waals surface area (Å²) in [5.74, 6) is 3.47. The topological polar surface area (TPSA) is 47.1 Å². The highest BCUT2D eigenvalue weighted by Crippen LogP contribution is 2.32. The summed E-state index contributed by atoms with van der Waals surface area (Å²) in [4.78, 5) is 35.4. The average molecular weight is 1010 g/mol. The zero-order valence-electron chi connectivity index (χ0n) is 43.1. The highest BCUT2D eigenvalue weighted by atomic mass is 35.5. The molecule has 4 saturated heterocycles. The molecular formula is C64H78Cl2N4O2. The van der Waals surface area contributed by atoms with E-state index >= 15 is 0 Å². The number of halogens is 2. The molecule has 8 heteroatoms. The second kappa shape index (κ2) is 28.9. The zero-order chi connectivity index (χ0) is 50.5. The van der Waals surface area contributed by atoms with Gasteiger partial charge in [-0.3, -0.25) is 9.59 Å². The summed E-state index contributed by atoms with van der Waals surface area (Å²) in [6.07, 6.45) is 9.09. The van der Waals surface area contributed by atoms with E-state index in [1.165, 1.54) is 56.3 Å². The monoisotopic (exact) mass is 1000 g/mol. The Balaban J connectivity index is 0.000000171. The first-order chi connectivity index (χ1) is 35.1. The highest BCUT2D eigenvalue weighted by Gasteiger charge is 2.35. The van der Waals surface area contributed by atoms with E-state index < -0.39 is 0 Å². The molecule has 2 amide bonds. The molecule has 4 fully saturated rings. The lowest BCUT2D eigenvalue weighted by Crippen LogP contribution is -2.38. The maximum absolute atomic E-state index is 13.1. The molecule has 4 heterocycles. The first-order valence-corrected chi connectivity index (χ1v) is 27.6. The van der Waals surface area contributed by atoms with Gasteiger partial charge < -0.3 is 19.6 Å². The van der Waals surface area contributed by atoms with Gasteiger partial charge in [0.15, 0.2) is 0 Å². The number of amides is 2. The van der Waals surface area contributed by atoms with E-state index in [2.05, 4.69) is 96.1 Å². The van der Waals surface area contributed by atoms with Crippen LogP contribution in [0, 0.1) is 23.7 Å². The van der Waals surface area contributed by atoms with Crippen LogP contribution in [0.3, 0.4) is 0 Å². The third-order valence-electron chi connectivity index (χ3n) is 15.2. The molecule has 72 heavy (non-hydrogen) atoms. The fourth-order valence-electron chi connectivity index (χ4n) is 10.9. The molecule has 4 aliphatic rings. The summed E-state index contributed by atoms with van der Waals surface area (Å²) in [6, 6.07) is 57.3. The predicted octanol–water partition coefficient (Wildman–Crippen LogP) is 14.2. The lowest BCUT2D eigenvalue weighted by molar-refractivity contribution is 0.0773. The van der Waals surface area contributed by atoms with Gasteiger partial charge >= 0.3 is 0 Å². The summed E-state index contributed by atoms with van der Waals surface area (Å²) >= 11 is 12.5. The Morgan fingerprint density at radius 3 is 1.64 bits per heavy atom. The van der Waals surface area contributed by atoms with E-state index in [4.69, 9.17) is 23.2 Å². The van der Waals surface area contributed by atoms with Crippen molar-refractivity contribution in [1.82, 2.24) is 19.6 Å². The summed E-state index contributed by atoms with van der Waals surface area (Å²) < 4.78 is 0. The van der Waals surface area contributed by atoms with Gasteiger partial charge in [0.2, 0.25) is 0 Å². The molecule has 0 aliphatic carbocycles. The average Bonchev–Trinajstić information content (AvgIpc) is 4.06. The van der Waals surface area contributed by atoms with Gasteiger partial charge in [-0.25, -0.2) is 0 Å². The van der Waals surface area contributed by atoms with Crippen molar-refractivity contribution in [1.29, 1.82) is 0 Å². The van der Waals surface area contributed by atoms with E-state index in [0.717, 1.165) is 105 Å². The summed E-state index contributed by atoms with van der Waals surface area (Å²) in [7, 11) is 0. The SMILES string of the molecule is CCc1cc(C(=O)N2CC(C)[C@@H](CN3CCC(c4ccccc4)CC3)C2)ccc1Cl.CCc1cc(Cl)cc(C(=O)N2CC[C@@H](CN3CCC(Cc4ccccc4)CC3)C2)c1.c1ccccc1.c1ccccc1. The summed E-state index contributed by atoms with van der Waals surface area (Å²) in [5.41, 5.74) is 6.63. The second-order valence-electron chi connectivity index (χ2n) is 20.4. The Morgan fingerprint density at radius 2 is 1.04 bits per heavy atom. The molecule has 0 saturated carbocycles. The Bertz CT molecular complexity index is 2410. The van der Waals surface area contributed by atoms with E-state index in [0.29, 0.717) is 28.7 Å². The van der Waals surface area contributed by atoms with E-state index in [-0.39, 0.29) is 11.8 Å². The maximum atomic E-state index is 13.1. The Hall–Kier alpha value is -5.24. The number of hydrogen-bond donors (Lipinski definition) is 0. The van der Waals surface area contributed by atoms with E-state index in [9.17, 15) is 9.59 Å². The summed E-state index contributed by atoms with van der Waals surface area (Å²) in [6.45, 7) is 16.8. The minimum Gasteiger partial charge on any atom is -0.338 e. The van der Waals surface area contributed by atoms with Crippen molar-refractivity contribution in [3.63, 3.8) is 0 Å². The van der Waals surface area contributed by atoms with Gasteiger partial charge in [0.05, 0.1) is 0 Å². The van der Waals surface area contributed by atoms with E-state index in [1.807, 2.05) is 114 Å². The van der Waals surface area contributed by atoms with Gasteiger partial charge in [0.25, 0.3) is 11.8 Å². The Labute approximate surface area is 442 Å². The first-order valence-electron chi connectivity index (χ1n) is 26.9. The van der Waals surface area contributed by atoms with Crippen molar-refractivity contribution in [2.75, 3.05) is 65.4 Å². The summed E-state index contributed by atoms with van der Waals surface area (Å²) in [5, 5.41) is 1.41. The normalized spacial score (nSPS) is 19.5. The molecule has 380 valence electrons. The minimum absolute atomic E-state index is 0.135. The van der Waals surface area contributed by atoms with Crippen molar-refractivity contribution in [2.45, 2.75) is 78.1 Å². The number of carbonyl (C=O) groups excluding carboxylic acids is 2. The van der Waals surface area contributed by atoms with Gasteiger partial charge in [-0.1, -0.05) is 177 Å². The lowest BCUT2D eigenvalue weighted by atomic mass is 9.88. The number of aryl methyl sites for hydroxylation is 2. The molecule has 3 atom stereocenters. The fourth-order valence-corrected chi connectivity index (χ4v) is 11.4. The van der Waals surface area contributed by atoms with Crippen LogP contribution in [0.5, 0.6) is 0 Å². The number of carbonyl (C=O) groups is 2. The fraction of sp³-hybridized carbons (Fsp3) is 0.406. The minimum atomic E-state index is 0.135. The number of rotatable bonds is 11.